The van der Waals surface area contributed by atoms with Crippen LogP contribution in [0.3, 0.4) is 0 Å². The van der Waals surface area contributed by atoms with Crippen LogP contribution in [0, 0.1) is 19.3 Å². The number of amides is 1. The summed E-state index contributed by atoms with van der Waals surface area (Å²) in [4.78, 5) is 11.9. The van der Waals surface area contributed by atoms with Crippen LogP contribution in [-0.2, 0) is 0 Å². The minimum Gasteiger partial charge on any atom is -0.508 e. The van der Waals surface area contributed by atoms with Gasteiger partial charge in [0.05, 0.1) is 6.04 Å². The van der Waals surface area contributed by atoms with E-state index >= 15 is 0 Å². The van der Waals surface area contributed by atoms with Gasteiger partial charge >= 0.3 is 0 Å². The van der Waals surface area contributed by atoms with Crippen LogP contribution < -0.4 is 5.32 Å². The molecule has 1 unspecified atom stereocenters. The SMILES string of the molecule is C#CC(CCC)NC(=O)c1ccc(O)cc1C. The van der Waals surface area contributed by atoms with E-state index in [2.05, 4.69) is 11.2 Å². The number of nitrogens with one attached hydrogen (secondary N) is 1. The molecule has 0 saturated carbocycles. The lowest BCUT2D eigenvalue weighted by atomic mass is 10.1. The number of terminal acetylenes is 1. The van der Waals surface area contributed by atoms with Crippen LogP contribution in [0.5, 0.6) is 5.75 Å². The van der Waals surface area contributed by atoms with Gasteiger partial charge < -0.3 is 10.4 Å². The summed E-state index contributed by atoms with van der Waals surface area (Å²) >= 11 is 0. The van der Waals surface area contributed by atoms with Crippen molar-refractivity contribution in [1.29, 1.82) is 0 Å². The van der Waals surface area contributed by atoms with Crippen molar-refractivity contribution in [3.63, 3.8) is 0 Å². The van der Waals surface area contributed by atoms with Gasteiger partial charge in [-0.25, -0.2) is 0 Å². The van der Waals surface area contributed by atoms with Crippen molar-refractivity contribution in [3.05, 3.63) is 29.3 Å². The van der Waals surface area contributed by atoms with Crippen molar-refractivity contribution < 1.29 is 9.90 Å². The number of phenols is 1. The largest absolute Gasteiger partial charge is 0.508 e. The molecule has 1 aromatic carbocycles. The van der Waals surface area contributed by atoms with E-state index in [-0.39, 0.29) is 17.7 Å². The zero-order chi connectivity index (χ0) is 12.8. The first-order valence-corrected chi connectivity index (χ1v) is 5.65. The van der Waals surface area contributed by atoms with Crippen LogP contribution >= 0.6 is 0 Å². The number of aromatic hydroxyl groups is 1. The summed E-state index contributed by atoms with van der Waals surface area (Å²) in [7, 11) is 0. The van der Waals surface area contributed by atoms with Gasteiger partial charge in [0.2, 0.25) is 0 Å². The molecule has 0 aliphatic rings. The lowest BCUT2D eigenvalue weighted by Gasteiger charge is -2.13. The first kappa shape index (κ1) is 13.1. The third-order valence-corrected chi connectivity index (χ3v) is 2.54. The lowest BCUT2D eigenvalue weighted by molar-refractivity contribution is 0.0943. The fourth-order valence-corrected chi connectivity index (χ4v) is 1.62. The minimum atomic E-state index is -0.235. The smallest absolute Gasteiger partial charge is 0.252 e. The maximum Gasteiger partial charge on any atom is 0.252 e. The van der Waals surface area contributed by atoms with Gasteiger partial charge in [-0.3, -0.25) is 4.79 Å². The van der Waals surface area contributed by atoms with E-state index in [1.165, 1.54) is 6.07 Å². The lowest BCUT2D eigenvalue weighted by Crippen LogP contribution is -2.33. The number of hydrogen-bond donors (Lipinski definition) is 2. The van der Waals surface area contributed by atoms with Gasteiger partial charge in [-0.15, -0.1) is 6.42 Å². The zero-order valence-electron chi connectivity index (χ0n) is 10.2. The van der Waals surface area contributed by atoms with Gasteiger partial charge in [0, 0.05) is 5.56 Å². The van der Waals surface area contributed by atoms with Crippen LogP contribution in [-0.4, -0.2) is 17.1 Å². The molecule has 1 aromatic rings. The molecule has 0 fully saturated rings. The standard InChI is InChI=1S/C14H17NO2/c1-4-6-11(5-2)15-14(17)13-8-7-12(16)9-10(13)3/h2,7-9,11,16H,4,6H2,1,3H3,(H,15,17). The molecule has 0 saturated heterocycles. The molecule has 0 spiro atoms. The number of carbonyl (C=O) groups excluding carboxylic acids is 1. The average molecular weight is 231 g/mol. The molecule has 0 aliphatic carbocycles. The minimum absolute atomic E-state index is 0.154. The molecular weight excluding hydrogens is 214 g/mol. The second-order valence-corrected chi connectivity index (χ2v) is 3.98. The highest BCUT2D eigenvalue weighted by atomic mass is 16.3. The van der Waals surface area contributed by atoms with E-state index in [1.807, 2.05) is 6.92 Å². The molecule has 0 heterocycles. The third kappa shape index (κ3) is 3.53. The second kappa shape index (κ2) is 5.95. The van der Waals surface area contributed by atoms with Crippen LogP contribution in [0.2, 0.25) is 0 Å². The van der Waals surface area contributed by atoms with Crippen LogP contribution in [0.25, 0.3) is 0 Å². The summed E-state index contributed by atoms with van der Waals surface area (Å²) in [5.74, 6) is 2.51. The normalized spacial score (nSPS) is 11.6. The molecule has 2 N–H and O–H groups in total. The highest BCUT2D eigenvalue weighted by molar-refractivity contribution is 5.96. The Balaban J connectivity index is 2.79. The molecule has 0 aromatic heterocycles. The van der Waals surface area contributed by atoms with Gasteiger partial charge in [-0.1, -0.05) is 19.3 Å². The Kier molecular flexibility index (Phi) is 4.59. The molecule has 1 rings (SSSR count). The van der Waals surface area contributed by atoms with Gasteiger partial charge in [0.15, 0.2) is 0 Å². The summed E-state index contributed by atoms with van der Waals surface area (Å²) in [6.45, 7) is 3.79. The van der Waals surface area contributed by atoms with Gasteiger partial charge in [-0.2, -0.15) is 0 Å². The molecule has 0 aliphatic heterocycles. The third-order valence-electron chi connectivity index (χ3n) is 2.54. The predicted molar refractivity (Wildman–Crippen MR) is 67.8 cm³/mol. The second-order valence-electron chi connectivity index (χ2n) is 3.98. The highest BCUT2D eigenvalue weighted by Crippen LogP contribution is 2.15. The van der Waals surface area contributed by atoms with Crippen LogP contribution in [0.1, 0.15) is 35.7 Å². The first-order valence-electron chi connectivity index (χ1n) is 5.65. The van der Waals surface area contributed by atoms with Crippen molar-refractivity contribution in [3.8, 4) is 18.1 Å². The molecule has 0 bridgehead atoms. The number of phenolic OH excluding ortho intramolecular Hbond substituents is 1. The van der Waals surface area contributed by atoms with E-state index in [9.17, 15) is 9.90 Å². The summed E-state index contributed by atoms with van der Waals surface area (Å²) in [5.41, 5.74) is 1.27. The quantitative estimate of drug-likeness (QED) is 0.781. The fraction of sp³-hybridized carbons (Fsp3) is 0.357. The Morgan fingerprint density at radius 3 is 2.82 bits per heavy atom. The number of aryl methyl sites for hydroxylation is 1. The maximum atomic E-state index is 11.9. The summed E-state index contributed by atoms with van der Waals surface area (Å²) in [6, 6.07) is 4.41. The number of rotatable bonds is 4. The number of hydrogen-bond acceptors (Lipinski definition) is 2. The molecule has 3 nitrogen and oxygen atoms in total. The van der Waals surface area contributed by atoms with Gasteiger partial charge in [-0.05, 0) is 37.1 Å². The van der Waals surface area contributed by atoms with E-state index in [0.717, 1.165) is 18.4 Å². The summed E-state index contributed by atoms with van der Waals surface area (Å²) < 4.78 is 0. The Bertz CT molecular complexity index is 446. The fourth-order valence-electron chi connectivity index (χ4n) is 1.62. The van der Waals surface area contributed by atoms with Crippen molar-refractivity contribution in [1.82, 2.24) is 5.32 Å². The van der Waals surface area contributed by atoms with Crippen molar-refractivity contribution in [2.45, 2.75) is 32.7 Å². The van der Waals surface area contributed by atoms with E-state index in [4.69, 9.17) is 6.42 Å². The molecule has 3 heteroatoms. The van der Waals surface area contributed by atoms with Gasteiger partial charge in [0.25, 0.3) is 5.91 Å². The van der Waals surface area contributed by atoms with E-state index in [0.29, 0.717) is 5.56 Å². The van der Waals surface area contributed by atoms with E-state index in [1.54, 1.807) is 19.1 Å². The molecule has 90 valence electrons. The summed E-state index contributed by atoms with van der Waals surface area (Å²) in [5, 5.41) is 12.1. The monoisotopic (exact) mass is 231 g/mol. The number of carbonyl (C=O) groups is 1. The molecule has 0 radical (unpaired) electrons. The Labute approximate surface area is 102 Å². The molecule has 17 heavy (non-hydrogen) atoms. The highest BCUT2D eigenvalue weighted by Gasteiger charge is 2.12. The first-order chi connectivity index (χ1) is 8.08. The zero-order valence-corrected chi connectivity index (χ0v) is 10.2. The van der Waals surface area contributed by atoms with Crippen molar-refractivity contribution in [2.75, 3.05) is 0 Å². The van der Waals surface area contributed by atoms with Crippen molar-refractivity contribution >= 4 is 5.91 Å². The Hall–Kier alpha value is -1.95. The van der Waals surface area contributed by atoms with Crippen LogP contribution in [0.15, 0.2) is 18.2 Å². The Morgan fingerprint density at radius 1 is 1.59 bits per heavy atom. The maximum absolute atomic E-state index is 11.9. The predicted octanol–water partition coefficient (Wildman–Crippen LogP) is 2.23. The number of benzene rings is 1. The van der Waals surface area contributed by atoms with E-state index < -0.39 is 0 Å². The average Bonchev–Trinajstić information content (AvgIpc) is 2.28. The molecule has 1 atom stereocenters. The topological polar surface area (TPSA) is 49.3 Å². The Morgan fingerprint density at radius 2 is 2.29 bits per heavy atom. The van der Waals surface area contributed by atoms with Crippen molar-refractivity contribution in [2.24, 2.45) is 0 Å². The summed E-state index contributed by atoms with van der Waals surface area (Å²) in [6.07, 6.45) is 7.03. The molecular formula is C14H17NO2. The van der Waals surface area contributed by atoms with Gasteiger partial charge in [0.1, 0.15) is 5.75 Å². The van der Waals surface area contributed by atoms with Crippen LogP contribution in [0.4, 0.5) is 0 Å². The molecule has 1 amide bonds.